The second kappa shape index (κ2) is 6.83. The quantitative estimate of drug-likeness (QED) is 0.679. The average Bonchev–Trinajstić information content (AvgIpc) is 3.01. The maximum atomic E-state index is 14.1. The molecule has 0 radical (unpaired) electrons. The molecule has 0 unspecified atom stereocenters. The first-order chi connectivity index (χ1) is 11.3. The molecule has 7 nitrogen and oxygen atoms in total. The van der Waals surface area contributed by atoms with Crippen LogP contribution in [0.4, 0.5) is 22.4 Å². The van der Waals surface area contributed by atoms with E-state index in [9.17, 15) is 22.4 Å². The van der Waals surface area contributed by atoms with Crippen molar-refractivity contribution in [3.8, 4) is 11.4 Å². The fourth-order valence-corrected chi connectivity index (χ4v) is 1.80. The van der Waals surface area contributed by atoms with Gasteiger partial charge in [0.2, 0.25) is 5.82 Å². The summed E-state index contributed by atoms with van der Waals surface area (Å²) in [7, 11) is 2.66. The number of rotatable bonds is 4. The maximum Gasteiger partial charge on any atom is 0.471 e. The van der Waals surface area contributed by atoms with Crippen LogP contribution in [0.15, 0.2) is 22.7 Å². The average molecular weight is 348 g/mol. The van der Waals surface area contributed by atoms with Gasteiger partial charge < -0.3 is 9.84 Å². The van der Waals surface area contributed by atoms with E-state index in [1.807, 2.05) is 0 Å². The number of benzene rings is 1. The Morgan fingerprint density at radius 1 is 1.42 bits per heavy atom. The number of nitrogens with zero attached hydrogens (tertiary/aromatic N) is 3. The number of carbonyl (C=O) groups excluding carboxylic acids is 1. The lowest BCUT2D eigenvalue weighted by molar-refractivity contribution is -0.159. The SMILES string of the molecule is CNC(=O)N(Cc1ccc(-c2noc(C(F)(F)F)n2)c(F)c1)OC. The molecular weight excluding hydrogens is 336 g/mol. The summed E-state index contributed by atoms with van der Waals surface area (Å²) in [6.45, 7) is -0.0760. The molecule has 0 saturated carbocycles. The summed E-state index contributed by atoms with van der Waals surface area (Å²) in [5.74, 6) is -2.96. The van der Waals surface area contributed by atoms with E-state index in [2.05, 4.69) is 20.0 Å². The molecule has 2 aromatic rings. The number of aromatic nitrogens is 2. The van der Waals surface area contributed by atoms with Gasteiger partial charge in [-0.3, -0.25) is 4.84 Å². The molecule has 130 valence electrons. The lowest BCUT2D eigenvalue weighted by Gasteiger charge is -2.19. The van der Waals surface area contributed by atoms with Gasteiger partial charge in [-0.05, 0) is 17.7 Å². The summed E-state index contributed by atoms with van der Waals surface area (Å²) in [6.07, 6.45) is -4.81. The standard InChI is InChI=1S/C13H12F4N4O3/c1-18-12(22)21(23-2)6-7-3-4-8(9(14)5-7)10-19-11(24-20-10)13(15,16)17/h3-5H,6H2,1-2H3,(H,18,22). The van der Waals surface area contributed by atoms with E-state index in [0.717, 1.165) is 11.1 Å². The monoisotopic (exact) mass is 348 g/mol. The van der Waals surface area contributed by atoms with Crippen molar-refractivity contribution in [2.45, 2.75) is 12.7 Å². The first-order valence-corrected chi connectivity index (χ1v) is 6.49. The van der Waals surface area contributed by atoms with Crippen molar-refractivity contribution in [1.29, 1.82) is 0 Å². The molecule has 0 aliphatic heterocycles. The van der Waals surface area contributed by atoms with E-state index in [4.69, 9.17) is 4.84 Å². The van der Waals surface area contributed by atoms with Gasteiger partial charge in [0.25, 0.3) is 0 Å². The molecular formula is C13H12F4N4O3. The number of urea groups is 1. The first-order valence-electron chi connectivity index (χ1n) is 6.49. The van der Waals surface area contributed by atoms with E-state index < -0.39 is 29.7 Å². The maximum absolute atomic E-state index is 14.1. The number of hydrogen-bond donors (Lipinski definition) is 1. The first kappa shape index (κ1) is 17.7. The van der Waals surface area contributed by atoms with Crippen LogP contribution in [0.5, 0.6) is 0 Å². The summed E-state index contributed by atoms with van der Waals surface area (Å²) >= 11 is 0. The number of carbonyl (C=O) groups is 1. The number of hydroxylamine groups is 2. The topological polar surface area (TPSA) is 80.5 Å². The lowest BCUT2D eigenvalue weighted by atomic mass is 10.1. The van der Waals surface area contributed by atoms with Crippen molar-refractivity contribution < 1.29 is 31.7 Å². The number of nitrogens with one attached hydrogen (secondary N) is 1. The van der Waals surface area contributed by atoms with Crippen LogP contribution in [-0.4, -0.2) is 35.4 Å². The third-order valence-electron chi connectivity index (χ3n) is 2.93. The molecule has 0 fully saturated rings. The van der Waals surface area contributed by atoms with Gasteiger partial charge in [-0.25, -0.2) is 9.18 Å². The van der Waals surface area contributed by atoms with Crippen LogP contribution in [0, 0.1) is 5.82 Å². The molecule has 0 spiro atoms. The zero-order valence-corrected chi connectivity index (χ0v) is 12.5. The van der Waals surface area contributed by atoms with E-state index in [-0.39, 0.29) is 12.1 Å². The normalized spacial score (nSPS) is 11.4. The Labute approximate surface area is 133 Å². The molecule has 2 rings (SSSR count). The molecule has 0 saturated heterocycles. The second-order valence-corrected chi connectivity index (χ2v) is 4.51. The van der Waals surface area contributed by atoms with E-state index in [0.29, 0.717) is 5.56 Å². The zero-order chi connectivity index (χ0) is 17.9. The van der Waals surface area contributed by atoms with Gasteiger partial charge in [0.15, 0.2) is 0 Å². The molecule has 0 aliphatic carbocycles. The van der Waals surface area contributed by atoms with Crippen molar-refractivity contribution >= 4 is 6.03 Å². The minimum Gasteiger partial charge on any atom is -0.339 e. The highest BCUT2D eigenvalue weighted by atomic mass is 19.4. The minimum absolute atomic E-state index is 0.0760. The Morgan fingerprint density at radius 2 is 2.12 bits per heavy atom. The van der Waals surface area contributed by atoms with Crippen LogP contribution in [0.2, 0.25) is 0 Å². The van der Waals surface area contributed by atoms with Gasteiger partial charge in [0, 0.05) is 7.05 Å². The summed E-state index contributed by atoms with van der Waals surface area (Å²) in [5.41, 5.74) is 0.0862. The fraction of sp³-hybridized carbons (Fsp3) is 0.308. The number of halogens is 4. The number of amides is 2. The van der Waals surface area contributed by atoms with Crippen molar-refractivity contribution in [3.63, 3.8) is 0 Å². The smallest absolute Gasteiger partial charge is 0.339 e. The third kappa shape index (κ3) is 3.79. The van der Waals surface area contributed by atoms with Crippen LogP contribution in [0.1, 0.15) is 11.5 Å². The molecule has 1 heterocycles. The Balaban J connectivity index is 2.24. The Kier molecular flexibility index (Phi) is 5.02. The lowest BCUT2D eigenvalue weighted by Crippen LogP contribution is -2.36. The van der Waals surface area contributed by atoms with Gasteiger partial charge >= 0.3 is 18.1 Å². The summed E-state index contributed by atoms with van der Waals surface area (Å²) < 4.78 is 55.5. The van der Waals surface area contributed by atoms with Crippen molar-refractivity contribution in [2.24, 2.45) is 0 Å². The third-order valence-corrected chi connectivity index (χ3v) is 2.93. The predicted molar refractivity (Wildman–Crippen MR) is 71.7 cm³/mol. The summed E-state index contributed by atoms with van der Waals surface area (Å²) in [4.78, 5) is 19.4. The molecule has 0 atom stereocenters. The van der Waals surface area contributed by atoms with Crippen molar-refractivity contribution in [1.82, 2.24) is 20.5 Å². The molecule has 1 aromatic carbocycles. The van der Waals surface area contributed by atoms with Crippen LogP contribution in [0.25, 0.3) is 11.4 Å². The second-order valence-electron chi connectivity index (χ2n) is 4.51. The van der Waals surface area contributed by atoms with Gasteiger partial charge in [0.1, 0.15) is 5.82 Å². The molecule has 2 amide bonds. The van der Waals surface area contributed by atoms with Crippen molar-refractivity contribution in [3.05, 3.63) is 35.5 Å². The highest BCUT2D eigenvalue weighted by molar-refractivity contribution is 5.72. The van der Waals surface area contributed by atoms with Gasteiger partial charge in [-0.2, -0.15) is 23.2 Å². The Hall–Kier alpha value is -2.69. The van der Waals surface area contributed by atoms with E-state index >= 15 is 0 Å². The summed E-state index contributed by atoms with van der Waals surface area (Å²) in [5, 5.41) is 6.39. The largest absolute Gasteiger partial charge is 0.471 e. The van der Waals surface area contributed by atoms with Gasteiger partial charge in [-0.1, -0.05) is 11.2 Å². The van der Waals surface area contributed by atoms with E-state index in [1.54, 1.807) is 0 Å². The highest BCUT2D eigenvalue weighted by Gasteiger charge is 2.38. The minimum atomic E-state index is -4.81. The summed E-state index contributed by atoms with van der Waals surface area (Å²) in [6, 6.07) is 3.08. The van der Waals surface area contributed by atoms with Crippen molar-refractivity contribution in [2.75, 3.05) is 14.2 Å². The Morgan fingerprint density at radius 3 is 2.62 bits per heavy atom. The predicted octanol–water partition coefficient (Wildman–Crippen LogP) is 2.60. The molecule has 24 heavy (non-hydrogen) atoms. The fourth-order valence-electron chi connectivity index (χ4n) is 1.80. The van der Waals surface area contributed by atoms with Crippen LogP contribution >= 0.6 is 0 Å². The zero-order valence-electron chi connectivity index (χ0n) is 12.5. The van der Waals surface area contributed by atoms with Crippen LogP contribution in [-0.2, 0) is 17.6 Å². The number of alkyl halides is 3. The highest BCUT2D eigenvalue weighted by Crippen LogP contribution is 2.30. The van der Waals surface area contributed by atoms with Crippen LogP contribution < -0.4 is 5.32 Å². The molecule has 11 heteroatoms. The molecule has 1 N–H and O–H groups in total. The Bertz CT molecular complexity index is 732. The van der Waals surface area contributed by atoms with Gasteiger partial charge in [-0.15, -0.1) is 0 Å². The van der Waals surface area contributed by atoms with E-state index in [1.165, 1.54) is 26.3 Å². The molecule has 0 bridgehead atoms. The number of hydrogen-bond acceptors (Lipinski definition) is 5. The van der Waals surface area contributed by atoms with Gasteiger partial charge in [0.05, 0.1) is 19.2 Å². The molecule has 0 aliphatic rings. The molecule has 1 aromatic heterocycles. The van der Waals surface area contributed by atoms with Crippen LogP contribution in [0.3, 0.4) is 0 Å².